The van der Waals surface area contributed by atoms with Gasteiger partial charge in [0, 0.05) is 24.7 Å². The van der Waals surface area contributed by atoms with Gasteiger partial charge in [0.1, 0.15) is 17.0 Å². The van der Waals surface area contributed by atoms with E-state index in [9.17, 15) is 14.0 Å². The van der Waals surface area contributed by atoms with Crippen LogP contribution in [0.1, 0.15) is 12.2 Å². The van der Waals surface area contributed by atoms with Crippen LogP contribution in [0.4, 0.5) is 10.1 Å². The number of nitrogens with one attached hydrogen (secondary N) is 1. The van der Waals surface area contributed by atoms with Crippen molar-refractivity contribution >= 4 is 22.6 Å². The van der Waals surface area contributed by atoms with Gasteiger partial charge in [0.25, 0.3) is 5.56 Å². The summed E-state index contributed by atoms with van der Waals surface area (Å²) in [5.41, 5.74) is 1.25. The summed E-state index contributed by atoms with van der Waals surface area (Å²) in [6, 6.07) is 10.9. The van der Waals surface area contributed by atoms with Gasteiger partial charge in [-0.3, -0.25) is 14.2 Å². The fraction of sp³-hybridized carbons (Fsp3) is 0.182. The van der Waals surface area contributed by atoms with Gasteiger partial charge in [-0.05, 0) is 43.3 Å². The summed E-state index contributed by atoms with van der Waals surface area (Å²) in [5, 5.41) is 7.34. The number of benzene rings is 2. The van der Waals surface area contributed by atoms with Gasteiger partial charge in [0.05, 0.1) is 11.9 Å². The van der Waals surface area contributed by atoms with Gasteiger partial charge in [-0.25, -0.2) is 14.1 Å². The van der Waals surface area contributed by atoms with E-state index in [0.717, 1.165) is 0 Å². The fourth-order valence-electron chi connectivity index (χ4n) is 3.55. The van der Waals surface area contributed by atoms with Crippen LogP contribution >= 0.6 is 0 Å². The third-order valence-electron chi connectivity index (χ3n) is 5.17. The largest absolute Gasteiger partial charge is 0.454 e. The first-order valence-electron chi connectivity index (χ1n) is 9.90. The summed E-state index contributed by atoms with van der Waals surface area (Å²) in [7, 11) is 0. The predicted molar refractivity (Wildman–Crippen MR) is 114 cm³/mol. The van der Waals surface area contributed by atoms with Crippen molar-refractivity contribution in [2.45, 2.75) is 19.9 Å². The monoisotopic (exact) mass is 435 g/mol. The van der Waals surface area contributed by atoms with Gasteiger partial charge in [-0.2, -0.15) is 5.10 Å². The van der Waals surface area contributed by atoms with Crippen molar-refractivity contribution in [1.82, 2.24) is 19.3 Å². The van der Waals surface area contributed by atoms with Gasteiger partial charge in [0.2, 0.25) is 12.7 Å². The molecule has 0 aliphatic carbocycles. The summed E-state index contributed by atoms with van der Waals surface area (Å²) in [6.07, 6.45) is 1.51. The molecule has 1 aliphatic rings. The maximum atomic E-state index is 13.2. The number of aryl methyl sites for hydroxylation is 1. The zero-order valence-electron chi connectivity index (χ0n) is 17.0. The van der Waals surface area contributed by atoms with E-state index in [-0.39, 0.29) is 37.0 Å². The minimum atomic E-state index is -0.365. The van der Waals surface area contributed by atoms with Gasteiger partial charge in [-0.1, -0.05) is 0 Å². The number of carbonyl (C=O) groups excluding carboxylic acids is 1. The third-order valence-corrected chi connectivity index (χ3v) is 5.17. The SMILES string of the molecule is Cc1nc2c(cnn2-c2ccc(F)cc2)c(=O)n1CCC(=O)Nc1ccc2c(c1)OCO2. The number of aromatic nitrogens is 4. The first-order chi connectivity index (χ1) is 15.5. The van der Waals surface area contributed by atoms with Gasteiger partial charge in [0.15, 0.2) is 17.1 Å². The standard InChI is InChI=1S/C22H18FN5O4/c1-13-25-21-17(11-24-28(21)16-5-2-14(23)3-6-16)22(30)27(13)9-8-20(29)26-15-4-7-18-19(10-15)32-12-31-18/h2-7,10-11H,8-9,12H2,1H3,(H,26,29). The van der Waals surface area contributed by atoms with Crippen molar-refractivity contribution in [2.75, 3.05) is 12.1 Å². The molecule has 1 aliphatic heterocycles. The Labute approximate surface area is 181 Å². The molecule has 0 saturated heterocycles. The van der Waals surface area contributed by atoms with E-state index in [0.29, 0.717) is 39.7 Å². The van der Waals surface area contributed by atoms with Crippen LogP contribution in [0.15, 0.2) is 53.5 Å². The number of amides is 1. The average molecular weight is 435 g/mol. The minimum Gasteiger partial charge on any atom is -0.454 e. The summed E-state index contributed by atoms with van der Waals surface area (Å²) in [6.45, 7) is 2.01. The van der Waals surface area contributed by atoms with Crippen LogP contribution in [0.25, 0.3) is 16.7 Å². The maximum Gasteiger partial charge on any atom is 0.264 e. The van der Waals surface area contributed by atoms with Crippen molar-refractivity contribution < 1.29 is 18.7 Å². The number of rotatable bonds is 5. The number of hydrogen-bond acceptors (Lipinski definition) is 6. The second-order valence-corrected chi connectivity index (χ2v) is 7.25. The molecule has 0 spiro atoms. The topological polar surface area (TPSA) is 100 Å². The molecular formula is C22H18FN5O4. The van der Waals surface area contributed by atoms with E-state index >= 15 is 0 Å². The van der Waals surface area contributed by atoms with Gasteiger partial charge in [-0.15, -0.1) is 0 Å². The molecule has 162 valence electrons. The van der Waals surface area contributed by atoms with E-state index in [2.05, 4.69) is 15.4 Å². The first-order valence-corrected chi connectivity index (χ1v) is 9.90. The molecule has 3 heterocycles. The minimum absolute atomic E-state index is 0.0779. The lowest BCUT2D eigenvalue weighted by molar-refractivity contribution is -0.116. The highest BCUT2D eigenvalue weighted by molar-refractivity contribution is 5.91. The summed E-state index contributed by atoms with van der Waals surface area (Å²) < 4.78 is 26.7. The summed E-state index contributed by atoms with van der Waals surface area (Å²) in [5.74, 6) is 1.03. The van der Waals surface area contributed by atoms with Crippen LogP contribution in [-0.2, 0) is 11.3 Å². The van der Waals surface area contributed by atoms with Crippen LogP contribution < -0.4 is 20.3 Å². The quantitative estimate of drug-likeness (QED) is 0.518. The van der Waals surface area contributed by atoms with E-state index in [4.69, 9.17) is 9.47 Å². The van der Waals surface area contributed by atoms with Crippen LogP contribution in [0.2, 0.25) is 0 Å². The molecule has 5 rings (SSSR count). The Morgan fingerprint density at radius 2 is 1.94 bits per heavy atom. The average Bonchev–Trinajstić information content (AvgIpc) is 3.41. The Morgan fingerprint density at radius 3 is 2.75 bits per heavy atom. The lowest BCUT2D eigenvalue weighted by Crippen LogP contribution is -2.26. The Kier molecular flexibility index (Phi) is 4.81. The highest BCUT2D eigenvalue weighted by atomic mass is 19.1. The molecule has 2 aromatic heterocycles. The molecule has 0 atom stereocenters. The number of nitrogens with zero attached hydrogens (tertiary/aromatic N) is 4. The zero-order chi connectivity index (χ0) is 22.2. The lowest BCUT2D eigenvalue weighted by Gasteiger charge is -2.11. The molecule has 32 heavy (non-hydrogen) atoms. The number of fused-ring (bicyclic) bond motifs is 2. The molecule has 9 nitrogen and oxygen atoms in total. The maximum absolute atomic E-state index is 13.2. The Bertz CT molecular complexity index is 1390. The van der Waals surface area contributed by atoms with Crippen LogP contribution in [0.5, 0.6) is 11.5 Å². The summed E-state index contributed by atoms with van der Waals surface area (Å²) in [4.78, 5) is 29.9. The molecule has 0 unspecified atom stereocenters. The van der Waals surface area contributed by atoms with E-state index in [1.165, 1.54) is 27.6 Å². The van der Waals surface area contributed by atoms with Crippen molar-refractivity contribution in [3.05, 3.63) is 70.7 Å². The predicted octanol–water partition coefficient (Wildman–Crippen LogP) is 2.79. The van der Waals surface area contributed by atoms with Gasteiger partial charge >= 0.3 is 0 Å². The second kappa shape index (κ2) is 7.80. The second-order valence-electron chi connectivity index (χ2n) is 7.25. The molecule has 10 heteroatoms. The van der Waals surface area contributed by atoms with Crippen molar-refractivity contribution in [3.63, 3.8) is 0 Å². The van der Waals surface area contributed by atoms with Crippen molar-refractivity contribution in [1.29, 1.82) is 0 Å². The van der Waals surface area contributed by atoms with Gasteiger partial charge < -0.3 is 14.8 Å². The van der Waals surface area contributed by atoms with E-state index in [1.807, 2.05) is 0 Å². The normalized spacial score (nSPS) is 12.3. The molecule has 1 amide bonds. The molecule has 0 bridgehead atoms. The van der Waals surface area contributed by atoms with Crippen LogP contribution in [-0.4, -0.2) is 32.0 Å². The summed E-state index contributed by atoms with van der Waals surface area (Å²) >= 11 is 0. The fourth-order valence-corrected chi connectivity index (χ4v) is 3.55. The number of ether oxygens (including phenoxy) is 2. The zero-order valence-corrected chi connectivity index (χ0v) is 17.0. The third kappa shape index (κ3) is 3.55. The Morgan fingerprint density at radius 1 is 1.16 bits per heavy atom. The van der Waals surface area contributed by atoms with Crippen molar-refractivity contribution in [2.24, 2.45) is 0 Å². The molecule has 0 radical (unpaired) electrons. The van der Waals surface area contributed by atoms with Crippen molar-refractivity contribution in [3.8, 4) is 17.2 Å². The number of halogens is 1. The highest BCUT2D eigenvalue weighted by Crippen LogP contribution is 2.34. The Balaban J connectivity index is 1.35. The molecule has 2 aromatic carbocycles. The van der Waals surface area contributed by atoms with E-state index in [1.54, 1.807) is 37.3 Å². The molecule has 1 N–H and O–H groups in total. The number of carbonyl (C=O) groups is 1. The molecular weight excluding hydrogens is 417 g/mol. The van der Waals surface area contributed by atoms with Crippen LogP contribution in [0.3, 0.4) is 0 Å². The molecule has 0 fully saturated rings. The lowest BCUT2D eigenvalue weighted by atomic mass is 10.2. The molecule has 0 saturated carbocycles. The Hall–Kier alpha value is -4.21. The number of anilines is 1. The smallest absolute Gasteiger partial charge is 0.264 e. The first kappa shape index (κ1) is 19.7. The number of hydrogen-bond donors (Lipinski definition) is 1. The highest BCUT2D eigenvalue weighted by Gasteiger charge is 2.16. The van der Waals surface area contributed by atoms with Crippen LogP contribution in [0, 0.1) is 12.7 Å². The molecule has 4 aromatic rings. The van der Waals surface area contributed by atoms with E-state index < -0.39 is 0 Å².